The average Bonchev–Trinajstić information content (AvgIpc) is 2.40. The highest BCUT2D eigenvalue weighted by molar-refractivity contribution is 5.64. The van der Waals surface area contributed by atoms with Gasteiger partial charge in [0.25, 0.3) is 0 Å². The SMILES string of the molecule is CCc1c(C)nc(-c2cc(C)ccc2C)nc1NC. The van der Waals surface area contributed by atoms with E-state index in [1.807, 2.05) is 7.05 Å². The molecule has 2 aromatic rings. The molecule has 1 aromatic carbocycles. The number of aromatic nitrogens is 2. The van der Waals surface area contributed by atoms with E-state index in [9.17, 15) is 0 Å². The van der Waals surface area contributed by atoms with Crippen LogP contribution >= 0.6 is 0 Å². The summed E-state index contributed by atoms with van der Waals surface area (Å²) in [5.74, 6) is 1.74. The van der Waals surface area contributed by atoms with Crippen molar-refractivity contribution in [3.8, 4) is 11.4 Å². The fourth-order valence-electron chi connectivity index (χ4n) is 2.32. The number of rotatable bonds is 3. The van der Waals surface area contributed by atoms with Crippen LogP contribution in [0.2, 0.25) is 0 Å². The zero-order valence-corrected chi connectivity index (χ0v) is 12.3. The molecule has 1 aromatic heterocycles. The Hall–Kier alpha value is -1.90. The number of hydrogen-bond acceptors (Lipinski definition) is 3. The lowest BCUT2D eigenvalue weighted by atomic mass is 10.0. The van der Waals surface area contributed by atoms with Crippen LogP contribution in [0.25, 0.3) is 11.4 Å². The van der Waals surface area contributed by atoms with E-state index < -0.39 is 0 Å². The van der Waals surface area contributed by atoms with Crippen molar-refractivity contribution in [2.45, 2.75) is 34.1 Å². The molecule has 0 aliphatic carbocycles. The van der Waals surface area contributed by atoms with Gasteiger partial charge in [-0.1, -0.05) is 24.6 Å². The van der Waals surface area contributed by atoms with Gasteiger partial charge in [-0.3, -0.25) is 0 Å². The normalized spacial score (nSPS) is 10.6. The van der Waals surface area contributed by atoms with Crippen molar-refractivity contribution in [1.29, 1.82) is 0 Å². The molecule has 3 nitrogen and oxygen atoms in total. The van der Waals surface area contributed by atoms with E-state index in [0.29, 0.717) is 0 Å². The van der Waals surface area contributed by atoms with Crippen LogP contribution in [0.4, 0.5) is 5.82 Å². The number of hydrogen-bond donors (Lipinski definition) is 1. The zero-order chi connectivity index (χ0) is 14.0. The highest BCUT2D eigenvalue weighted by atomic mass is 15.0. The second-order valence-electron chi connectivity index (χ2n) is 4.88. The van der Waals surface area contributed by atoms with Crippen LogP contribution in [0.15, 0.2) is 18.2 Å². The minimum atomic E-state index is 0.806. The molecule has 0 amide bonds. The first-order valence-corrected chi connectivity index (χ1v) is 6.69. The molecular weight excluding hydrogens is 234 g/mol. The monoisotopic (exact) mass is 255 g/mol. The fourth-order valence-corrected chi connectivity index (χ4v) is 2.32. The van der Waals surface area contributed by atoms with Crippen molar-refractivity contribution in [2.24, 2.45) is 0 Å². The zero-order valence-electron chi connectivity index (χ0n) is 12.3. The molecule has 100 valence electrons. The van der Waals surface area contributed by atoms with Gasteiger partial charge in [0.2, 0.25) is 0 Å². The molecule has 0 aliphatic rings. The van der Waals surface area contributed by atoms with Crippen LogP contribution in [0, 0.1) is 20.8 Å². The maximum absolute atomic E-state index is 4.67. The maximum atomic E-state index is 4.67. The van der Waals surface area contributed by atoms with Crippen LogP contribution in [0.1, 0.15) is 29.3 Å². The van der Waals surface area contributed by atoms with Crippen molar-refractivity contribution in [3.05, 3.63) is 40.6 Å². The summed E-state index contributed by atoms with van der Waals surface area (Å²) in [5.41, 5.74) is 5.79. The third-order valence-electron chi connectivity index (χ3n) is 3.44. The minimum Gasteiger partial charge on any atom is -0.373 e. The molecule has 0 atom stereocenters. The summed E-state index contributed by atoms with van der Waals surface area (Å²) in [5, 5.41) is 3.18. The van der Waals surface area contributed by atoms with Crippen LogP contribution in [-0.4, -0.2) is 17.0 Å². The molecular formula is C16H21N3. The maximum Gasteiger partial charge on any atom is 0.162 e. The molecule has 0 fully saturated rings. The second-order valence-corrected chi connectivity index (χ2v) is 4.88. The van der Waals surface area contributed by atoms with E-state index in [1.165, 1.54) is 16.7 Å². The van der Waals surface area contributed by atoms with E-state index in [2.05, 4.69) is 61.2 Å². The average molecular weight is 255 g/mol. The smallest absolute Gasteiger partial charge is 0.162 e. The van der Waals surface area contributed by atoms with Gasteiger partial charge in [-0.25, -0.2) is 9.97 Å². The first-order valence-electron chi connectivity index (χ1n) is 6.69. The molecule has 0 saturated heterocycles. The minimum absolute atomic E-state index is 0.806. The van der Waals surface area contributed by atoms with Crippen LogP contribution in [-0.2, 0) is 6.42 Å². The van der Waals surface area contributed by atoms with Crippen molar-refractivity contribution < 1.29 is 0 Å². The van der Waals surface area contributed by atoms with Gasteiger partial charge in [-0.2, -0.15) is 0 Å². The quantitative estimate of drug-likeness (QED) is 0.909. The van der Waals surface area contributed by atoms with Crippen molar-refractivity contribution in [2.75, 3.05) is 12.4 Å². The van der Waals surface area contributed by atoms with E-state index in [4.69, 9.17) is 0 Å². The Kier molecular flexibility index (Phi) is 3.84. The molecule has 19 heavy (non-hydrogen) atoms. The van der Waals surface area contributed by atoms with Gasteiger partial charge in [-0.05, 0) is 38.8 Å². The van der Waals surface area contributed by atoms with E-state index >= 15 is 0 Å². The Morgan fingerprint density at radius 1 is 1.11 bits per heavy atom. The van der Waals surface area contributed by atoms with Crippen LogP contribution in [0.5, 0.6) is 0 Å². The molecule has 3 heteroatoms. The highest BCUT2D eigenvalue weighted by Gasteiger charge is 2.12. The predicted molar refractivity (Wildman–Crippen MR) is 80.6 cm³/mol. The first-order chi connectivity index (χ1) is 9.06. The third-order valence-corrected chi connectivity index (χ3v) is 3.44. The number of anilines is 1. The van der Waals surface area contributed by atoms with Gasteiger partial charge in [0, 0.05) is 23.9 Å². The lowest BCUT2D eigenvalue weighted by Crippen LogP contribution is -2.05. The van der Waals surface area contributed by atoms with Gasteiger partial charge in [0.1, 0.15) is 5.82 Å². The molecule has 0 bridgehead atoms. The number of benzene rings is 1. The Labute approximate surface area is 115 Å². The van der Waals surface area contributed by atoms with E-state index in [0.717, 1.165) is 29.3 Å². The Balaban J connectivity index is 2.63. The summed E-state index contributed by atoms with van der Waals surface area (Å²) in [7, 11) is 1.91. The summed E-state index contributed by atoms with van der Waals surface area (Å²) in [6.45, 7) is 8.37. The summed E-state index contributed by atoms with van der Waals surface area (Å²) < 4.78 is 0. The molecule has 1 N–H and O–H groups in total. The summed E-state index contributed by atoms with van der Waals surface area (Å²) >= 11 is 0. The van der Waals surface area contributed by atoms with Gasteiger partial charge in [0.05, 0.1) is 0 Å². The molecule has 0 spiro atoms. The largest absolute Gasteiger partial charge is 0.373 e. The van der Waals surface area contributed by atoms with Crippen LogP contribution < -0.4 is 5.32 Å². The highest BCUT2D eigenvalue weighted by Crippen LogP contribution is 2.25. The molecule has 0 saturated carbocycles. The summed E-state index contributed by atoms with van der Waals surface area (Å²) in [6, 6.07) is 6.39. The number of aryl methyl sites for hydroxylation is 3. The molecule has 0 aliphatic heterocycles. The molecule has 2 rings (SSSR count). The van der Waals surface area contributed by atoms with E-state index in [1.54, 1.807) is 0 Å². The number of nitrogens with one attached hydrogen (secondary N) is 1. The van der Waals surface area contributed by atoms with Crippen molar-refractivity contribution in [1.82, 2.24) is 9.97 Å². The van der Waals surface area contributed by atoms with Gasteiger partial charge >= 0.3 is 0 Å². The molecule has 0 radical (unpaired) electrons. The fraction of sp³-hybridized carbons (Fsp3) is 0.375. The van der Waals surface area contributed by atoms with Crippen LogP contribution in [0.3, 0.4) is 0 Å². The Morgan fingerprint density at radius 2 is 1.84 bits per heavy atom. The molecule has 0 unspecified atom stereocenters. The first kappa shape index (κ1) is 13.5. The number of nitrogens with zero attached hydrogens (tertiary/aromatic N) is 2. The summed E-state index contributed by atoms with van der Waals surface area (Å²) in [6.07, 6.45) is 0.940. The molecule has 1 heterocycles. The lowest BCUT2D eigenvalue weighted by Gasteiger charge is -2.13. The summed E-state index contributed by atoms with van der Waals surface area (Å²) in [4.78, 5) is 9.35. The third kappa shape index (κ3) is 2.60. The van der Waals surface area contributed by atoms with Gasteiger partial charge in [0.15, 0.2) is 5.82 Å². The topological polar surface area (TPSA) is 37.8 Å². The van der Waals surface area contributed by atoms with Gasteiger partial charge < -0.3 is 5.32 Å². The van der Waals surface area contributed by atoms with Crippen molar-refractivity contribution >= 4 is 5.82 Å². The predicted octanol–water partition coefficient (Wildman–Crippen LogP) is 3.67. The lowest BCUT2D eigenvalue weighted by molar-refractivity contribution is 1.00. The second kappa shape index (κ2) is 5.39. The Bertz CT molecular complexity index is 603. The van der Waals surface area contributed by atoms with E-state index in [-0.39, 0.29) is 0 Å². The standard InChI is InChI=1S/C16H21N3/c1-6-13-12(4)18-16(19-15(13)17-5)14-9-10(2)7-8-11(14)3/h7-9H,6H2,1-5H3,(H,17,18,19). The Morgan fingerprint density at radius 3 is 2.47 bits per heavy atom. The van der Waals surface area contributed by atoms with Crippen molar-refractivity contribution in [3.63, 3.8) is 0 Å². The van der Waals surface area contributed by atoms with Gasteiger partial charge in [-0.15, -0.1) is 0 Å².